The van der Waals surface area contributed by atoms with E-state index in [0.29, 0.717) is 11.2 Å². The highest BCUT2D eigenvalue weighted by Gasteiger charge is 2.25. The number of nitrogens with one attached hydrogen (secondary N) is 2. The van der Waals surface area contributed by atoms with E-state index in [-0.39, 0.29) is 0 Å². The molecule has 1 aliphatic heterocycles. The van der Waals surface area contributed by atoms with E-state index in [0.717, 1.165) is 48.9 Å². The Bertz CT molecular complexity index is 700. The predicted octanol–water partition coefficient (Wildman–Crippen LogP) is 1.97. The molecule has 2 N–H and O–H groups in total. The van der Waals surface area contributed by atoms with E-state index in [9.17, 15) is 0 Å². The van der Waals surface area contributed by atoms with Gasteiger partial charge in [-0.05, 0) is 19.8 Å². The molecule has 2 aromatic heterocycles. The van der Waals surface area contributed by atoms with Crippen molar-refractivity contribution < 1.29 is 0 Å². The minimum absolute atomic E-state index is 0.431. The largest absolute Gasteiger partial charge is 0.373 e. The Kier molecular flexibility index (Phi) is 5.20. The van der Waals surface area contributed by atoms with Gasteiger partial charge in [0.1, 0.15) is 23.1 Å². The molecule has 24 heavy (non-hydrogen) atoms. The van der Waals surface area contributed by atoms with Gasteiger partial charge >= 0.3 is 0 Å². The van der Waals surface area contributed by atoms with Crippen molar-refractivity contribution in [2.24, 2.45) is 7.05 Å². The first-order chi connectivity index (χ1) is 11.6. The first kappa shape index (κ1) is 17.0. The van der Waals surface area contributed by atoms with Crippen LogP contribution >= 0.6 is 11.6 Å². The van der Waals surface area contributed by atoms with Gasteiger partial charge in [0.05, 0.1) is 5.69 Å². The van der Waals surface area contributed by atoms with Gasteiger partial charge < -0.3 is 15.5 Å². The molecule has 8 heteroatoms. The van der Waals surface area contributed by atoms with Gasteiger partial charge in [-0.2, -0.15) is 5.10 Å². The highest BCUT2D eigenvalue weighted by molar-refractivity contribution is 6.30. The Hall–Kier alpha value is -1.86. The molecule has 0 amide bonds. The van der Waals surface area contributed by atoms with Gasteiger partial charge in [-0.1, -0.05) is 11.6 Å². The predicted molar refractivity (Wildman–Crippen MR) is 96.6 cm³/mol. The fourth-order valence-electron chi connectivity index (χ4n) is 3.23. The monoisotopic (exact) mass is 349 g/mol. The lowest BCUT2D eigenvalue weighted by molar-refractivity contribution is 0.570. The lowest BCUT2D eigenvalue weighted by Gasteiger charge is -2.26. The second-order valence-electron chi connectivity index (χ2n) is 6.11. The summed E-state index contributed by atoms with van der Waals surface area (Å²) >= 11 is 6.29. The van der Waals surface area contributed by atoms with Gasteiger partial charge in [0.15, 0.2) is 0 Å². The van der Waals surface area contributed by atoms with E-state index in [2.05, 4.69) is 30.6 Å². The van der Waals surface area contributed by atoms with Crippen LogP contribution in [0.5, 0.6) is 0 Å². The minimum atomic E-state index is 0.431. The number of nitrogens with zero attached hydrogens (tertiary/aromatic N) is 5. The van der Waals surface area contributed by atoms with Crippen molar-refractivity contribution in [1.82, 2.24) is 25.1 Å². The lowest BCUT2D eigenvalue weighted by Crippen LogP contribution is -2.38. The van der Waals surface area contributed by atoms with Crippen molar-refractivity contribution in [3.05, 3.63) is 28.8 Å². The van der Waals surface area contributed by atoms with Gasteiger partial charge in [-0.15, -0.1) is 0 Å². The molecule has 7 nitrogen and oxygen atoms in total. The summed E-state index contributed by atoms with van der Waals surface area (Å²) in [7, 11) is 3.74. The molecule has 1 aliphatic rings. The molecule has 0 radical (unpaired) electrons. The first-order valence-corrected chi connectivity index (χ1v) is 8.63. The number of hydrogen-bond donors (Lipinski definition) is 2. The van der Waals surface area contributed by atoms with Crippen molar-refractivity contribution in [2.45, 2.75) is 32.4 Å². The summed E-state index contributed by atoms with van der Waals surface area (Å²) in [5.41, 5.74) is 2.05. The number of anilines is 2. The van der Waals surface area contributed by atoms with Crippen LogP contribution in [-0.4, -0.2) is 45.9 Å². The highest BCUT2D eigenvalue weighted by Crippen LogP contribution is 2.25. The van der Waals surface area contributed by atoms with Crippen LogP contribution < -0.4 is 15.5 Å². The Balaban J connectivity index is 1.62. The molecule has 0 bridgehead atoms. The van der Waals surface area contributed by atoms with Crippen molar-refractivity contribution in [3.8, 4) is 0 Å². The second-order valence-corrected chi connectivity index (χ2v) is 6.47. The van der Waals surface area contributed by atoms with E-state index in [4.69, 9.17) is 11.6 Å². The number of aryl methyl sites for hydroxylation is 2. The Labute approximate surface area is 147 Å². The zero-order valence-corrected chi connectivity index (χ0v) is 15.1. The van der Waals surface area contributed by atoms with Crippen LogP contribution in [-0.2, 0) is 13.6 Å². The summed E-state index contributed by atoms with van der Waals surface area (Å²) in [6, 6.07) is 2.43. The van der Waals surface area contributed by atoms with Crippen LogP contribution in [0.4, 0.5) is 11.6 Å². The van der Waals surface area contributed by atoms with E-state index >= 15 is 0 Å². The number of rotatable bonds is 6. The zero-order valence-electron chi connectivity index (χ0n) is 14.4. The Morgan fingerprint density at radius 1 is 1.38 bits per heavy atom. The van der Waals surface area contributed by atoms with Crippen LogP contribution in [0.1, 0.15) is 24.1 Å². The Morgan fingerprint density at radius 3 is 2.92 bits per heavy atom. The maximum Gasteiger partial charge on any atom is 0.134 e. The molecule has 130 valence electrons. The maximum absolute atomic E-state index is 6.29. The van der Waals surface area contributed by atoms with Gasteiger partial charge in [-0.25, -0.2) is 9.97 Å². The molecule has 0 aliphatic carbocycles. The molecular formula is C16H24ClN7. The molecule has 0 unspecified atom stereocenters. The van der Waals surface area contributed by atoms with Crippen molar-refractivity contribution in [3.63, 3.8) is 0 Å². The van der Waals surface area contributed by atoms with Crippen LogP contribution in [0.25, 0.3) is 0 Å². The summed E-state index contributed by atoms with van der Waals surface area (Å²) in [5.74, 6) is 1.82. The second kappa shape index (κ2) is 7.36. The molecule has 1 fully saturated rings. The third kappa shape index (κ3) is 3.47. The molecule has 1 saturated heterocycles. The van der Waals surface area contributed by atoms with Crippen molar-refractivity contribution in [1.29, 1.82) is 0 Å². The number of aromatic nitrogens is 4. The van der Waals surface area contributed by atoms with E-state index in [1.165, 1.54) is 6.42 Å². The van der Waals surface area contributed by atoms with E-state index < -0.39 is 0 Å². The van der Waals surface area contributed by atoms with E-state index in [1.54, 1.807) is 11.0 Å². The summed E-state index contributed by atoms with van der Waals surface area (Å²) in [4.78, 5) is 11.0. The molecule has 1 atom stereocenters. The first-order valence-electron chi connectivity index (χ1n) is 8.25. The standard InChI is InChI=1S/C16H24ClN7/c1-11-13(16(17)23(3)22-11)9-19-8-12-5-4-6-24(12)15-7-14(18-2)20-10-21-15/h7,10,12,19H,4-6,8-9H2,1-3H3,(H,18,20,21)/t12-/m1/s1. The van der Waals surface area contributed by atoms with Gasteiger partial charge in [-0.3, -0.25) is 4.68 Å². The number of hydrogen-bond acceptors (Lipinski definition) is 6. The quantitative estimate of drug-likeness (QED) is 0.831. The third-order valence-electron chi connectivity index (χ3n) is 4.53. The molecular weight excluding hydrogens is 326 g/mol. The SMILES string of the molecule is CNc1cc(N2CCC[C@@H]2CNCc2c(C)nn(C)c2Cl)ncn1. The zero-order chi connectivity index (χ0) is 17.1. The van der Waals surface area contributed by atoms with Crippen LogP contribution in [0.2, 0.25) is 5.15 Å². The maximum atomic E-state index is 6.29. The Morgan fingerprint density at radius 2 is 2.21 bits per heavy atom. The average Bonchev–Trinajstić information content (AvgIpc) is 3.15. The average molecular weight is 350 g/mol. The van der Waals surface area contributed by atoms with Crippen LogP contribution in [0.15, 0.2) is 12.4 Å². The van der Waals surface area contributed by atoms with Crippen molar-refractivity contribution in [2.75, 3.05) is 30.4 Å². The lowest BCUT2D eigenvalue weighted by atomic mass is 10.2. The van der Waals surface area contributed by atoms with Crippen molar-refractivity contribution >= 4 is 23.2 Å². The van der Waals surface area contributed by atoms with Gasteiger partial charge in [0.2, 0.25) is 0 Å². The summed E-state index contributed by atoms with van der Waals surface area (Å²) < 4.78 is 1.72. The summed E-state index contributed by atoms with van der Waals surface area (Å²) in [6.07, 6.45) is 3.95. The fourth-order valence-corrected chi connectivity index (χ4v) is 3.47. The summed E-state index contributed by atoms with van der Waals surface area (Å²) in [5, 5.41) is 11.7. The normalized spacial score (nSPS) is 17.5. The molecule has 0 aromatic carbocycles. The van der Waals surface area contributed by atoms with Gasteiger partial charge in [0, 0.05) is 51.4 Å². The highest BCUT2D eigenvalue weighted by atomic mass is 35.5. The minimum Gasteiger partial charge on any atom is -0.373 e. The smallest absolute Gasteiger partial charge is 0.134 e. The molecule has 2 aromatic rings. The van der Waals surface area contributed by atoms with Gasteiger partial charge in [0.25, 0.3) is 0 Å². The topological polar surface area (TPSA) is 70.9 Å². The van der Waals surface area contributed by atoms with Crippen LogP contribution in [0, 0.1) is 6.92 Å². The van der Waals surface area contributed by atoms with E-state index in [1.807, 2.05) is 27.1 Å². The summed E-state index contributed by atoms with van der Waals surface area (Å²) in [6.45, 7) is 4.64. The third-order valence-corrected chi connectivity index (χ3v) is 5.00. The number of halogens is 1. The molecule has 0 saturated carbocycles. The van der Waals surface area contributed by atoms with Crippen LogP contribution in [0.3, 0.4) is 0 Å². The fraction of sp³-hybridized carbons (Fsp3) is 0.562. The molecule has 0 spiro atoms. The molecule has 3 rings (SSSR count). The molecule has 3 heterocycles.